The van der Waals surface area contributed by atoms with Crippen LogP contribution in [-0.2, 0) is 0 Å². The first kappa shape index (κ1) is 24.5. The van der Waals surface area contributed by atoms with E-state index in [1.54, 1.807) is 31.3 Å². The third kappa shape index (κ3) is 5.32. The Hall–Kier alpha value is -4.22. The van der Waals surface area contributed by atoms with Crippen LogP contribution in [0.4, 0.5) is 39.5 Å². The number of amides is 2. The highest BCUT2D eigenvalue weighted by atomic mass is 19.4. The number of urea groups is 1. The molecule has 12 heteroatoms. The smallest absolute Gasteiger partial charge is 0.389 e. The Balaban J connectivity index is 1.37. The van der Waals surface area contributed by atoms with Crippen LogP contribution in [0.5, 0.6) is 0 Å². The predicted molar refractivity (Wildman–Crippen MR) is 129 cm³/mol. The zero-order valence-electron chi connectivity index (χ0n) is 19.6. The van der Waals surface area contributed by atoms with E-state index in [0.717, 1.165) is 0 Å². The van der Waals surface area contributed by atoms with Crippen LogP contribution < -0.4 is 10.6 Å². The molecule has 0 saturated carbocycles. The molecule has 1 atom stereocenters. The number of benzene rings is 1. The first-order chi connectivity index (χ1) is 17.7. The minimum absolute atomic E-state index is 0.0403. The third-order valence-corrected chi connectivity index (χ3v) is 6.21. The largest absolute Gasteiger partial charge is 0.460 e. The van der Waals surface area contributed by atoms with Gasteiger partial charge >= 0.3 is 12.2 Å². The number of rotatable bonds is 5. The molecule has 1 aliphatic heterocycles. The highest BCUT2D eigenvalue weighted by molar-refractivity contribution is 5.93. The summed E-state index contributed by atoms with van der Waals surface area (Å²) in [6.45, 7) is 1.82. The summed E-state index contributed by atoms with van der Waals surface area (Å²) < 4.78 is 58.4. The molecule has 192 valence electrons. The third-order valence-electron chi connectivity index (χ3n) is 6.21. The summed E-state index contributed by atoms with van der Waals surface area (Å²) in [5, 5.41) is 5.66. The second-order valence-electron chi connectivity index (χ2n) is 8.88. The van der Waals surface area contributed by atoms with Gasteiger partial charge in [-0.25, -0.2) is 24.1 Å². The topological polar surface area (TPSA) is 96.2 Å². The van der Waals surface area contributed by atoms with Crippen molar-refractivity contribution in [3.63, 3.8) is 0 Å². The van der Waals surface area contributed by atoms with Crippen LogP contribution >= 0.6 is 0 Å². The summed E-state index contributed by atoms with van der Waals surface area (Å²) >= 11 is 0. The van der Waals surface area contributed by atoms with Crippen LogP contribution in [0.25, 0.3) is 22.4 Å². The number of likely N-dealkylation sites (tertiary alicyclic amines) is 1. The van der Waals surface area contributed by atoms with E-state index in [2.05, 4.69) is 25.6 Å². The summed E-state index contributed by atoms with van der Waals surface area (Å²) in [6.07, 6.45) is -0.495. The molecule has 1 unspecified atom stereocenters. The number of nitrogens with zero attached hydrogens (tertiary/aromatic N) is 4. The Morgan fingerprint density at radius 1 is 1.19 bits per heavy atom. The van der Waals surface area contributed by atoms with E-state index in [9.17, 15) is 22.4 Å². The van der Waals surface area contributed by atoms with Crippen molar-refractivity contribution in [3.05, 3.63) is 60.5 Å². The maximum absolute atomic E-state index is 14.7. The molecular formula is C25H22F4N6O2. The van der Waals surface area contributed by atoms with E-state index in [4.69, 9.17) is 4.42 Å². The number of carbonyl (C=O) groups is 1. The van der Waals surface area contributed by atoms with Gasteiger partial charge in [0.15, 0.2) is 5.58 Å². The zero-order chi connectivity index (χ0) is 26.2. The van der Waals surface area contributed by atoms with E-state index in [1.165, 1.54) is 29.6 Å². The molecule has 0 radical (unpaired) electrons. The van der Waals surface area contributed by atoms with Gasteiger partial charge in [-0.1, -0.05) is 0 Å². The number of hydrogen-bond acceptors (Lipinski definition) is 6. The molecule has 1 saturated heterocycles. The highest BCUT2D eigenvalue weighted by Gasteiger charge is 2.36. The first-order valence-electron chi connectivity index (χ1n) is 11.5. The van der Waals surface area contributed by atoms with Gasteiger partial charge in [-0.3, -0.25) is 0 Å². The molecule has 1 fully saturated rings. The van der Waals surface area contributed by atoms with Crippen molar-refractivity contribution in [2.45, 2.75) is 25.9 Å². The lowest BCUT2D eigenvalue weighted by atomic mass is 10.1. The Kier molecular flexibility index (Phi) is 6.40. The Bertz CT molecular complexity index is 1450. The summed E-state index contributed by atoms with van der Waals surface area (Å²) in [5.41, 5.74) is 3.15. The van der Waals surface area contributed by atoms with Crippen molar-refractivity contribution in [3.8, 4) is 11.3 Å². The molecular weight excluding hydrogens is 492 g/mol. The number of pyridine rings is 1. The number of nitrogens with one attached hydrogen (secondary N) is 2. The number of aryl methyl sites for hydroxylation is 1. The van der Waals surface area contributed by atoms with Crippen LogP contribution in [0, 0.1) is 18.7 Å². The molecule has 4 aromatic rings. The van der Waals surface area contributed by atoms with Gasteiger partial charge in [-0.2, -0.15) is 13.2 Å². The normalized spacial score (nSPS) is 15.8. The van der Waals surface area contributed by atoms with E-state index in [0.29, 0.717) is 39.4 Å². The summed E-state index contributed by atoms with van der Waals surface area (Å²) in [5.74, 6) is -0.923. The molecule has 3 aromatic heterocycles. The van der Waals surface area contributed by atoms with E-state index in [1.807, 2.05) is 0 Å². The molecule has 1 aliphatic rings. The quantitative estimate of drug-likeness (QED) is 0.304. The number of halogens is 4. The zero-order valence-corrected chi connectivity index (χ0v) is 19.6. The molecule has 1 aromatic carbocycles. The van der Waals surface area contributed by atoms with Gasteiger partial charge in [-0.05, 0) is 49.1 Å². The number of fused-ring (bicyclic) bond motifs is 1. The second-order valence-corrected chi connectivity index (χ2v) is 8.88. The van der Waals surface area contributed by atoms with E-state index >= 15 is 0 Å². The lowest BCUT2D eigenvalue weighted by Crippen LogP contribution is -2.33. The standard InChI is InChI=1S/C25H22F4N6O2/c1-14-9-17(26)20(34-24(36)35-7-4-15(12-35)11-25(27,28)29)10-19(14)33-23-16(3-2-6-30-23)21-22-18(5-8-37-22)31-13-32-21/h2-3,5-6,8-10,13,15H,4,7,11-12H2,1H3,(H,30,33)(H,34,36). The van der Waals surface area contributed by atoms with E-state index in [-0.39, 0.29) is 25.2 Å². The second kappa shape index (κ2) is 9.68. The van der Waals surface area contributed by atoms with Crippen molar-refractivity contribution >= 4 is 34.3 Å². The van der Waals surface area contributed by atoms with Crippen LogP contribution in [0.2, 0.25) is 0 Å². The summed E-state index contributed by atoms with van der Waals surface area (Å²) in [4.78, 5) is 26.9. The fourth-order valence-corrected chi connectivity index (χ4v) is 4.41. The molecule has 37 heavy (non-hydrogen) atoms. The minimum atomic E-state index is -4.29. The van der Waals surface area contributed by atoms with Gasteiger partial charge < -0.3 is 20.0 Å². The number of hydrogen-bond donors (Lipinski definition) is 2. The molecule has 0 bridgehead atoms. The highest BCUT2D eigenvalue weighted by Crippen LogP contribution is 2.34. The van der Waals surface area contributed by atoms with Crippen LogP contribution in [0.3, 0.4) is 0 Å². The number of anilines is 3. The van der Waals surface area contributed by atoms with Crippen molar-refractivity contribution in [1.29, 1.82) is 0 Å². The van der Waals surface area contributed by atoms with Crippen molar-refractivity contribution in [2.24, 2.45) is 5.92 Å². The number of aromatic nitrogens is 3. The average Bonchev–Trinajstić information content (AvgIpc) is 3.51. The molecule has 2 amide bonds. The number of alkyl halides is 3. The molecule has 2 N–H and O–H groups in total. The predicted octanol–water partition coefficient (Wildman–Crippen LogP) is 6.28. The lowest BCUT2D eigenvalue weighted by Gasteiger charge is -2.19. The Morgan fingerprint density at radius 2 is 2.03 bits per heavy atom. The maximum atomic E-state index is 14.7. The van der Waals surface area contributed by atoms with Gasteiger partial charge in [-0.15, -0.1) is 0 Å². The molecule has 0 aliphatic carbocycles. The fourth-order valence-electron chi connectivity index (χ4n) is 4.41. The van der Waals surface area contributed by atoms with Crippen molar-refractivity contribution in [1.82, 2.24) is 19.9 Å². The molecule has 5 rings (SSSR count). The van der Waals surface area contributed by atoms with Crippen LogP contribution in [-0.4, -0.2) is 45.1 Å². The van der Waals surface area contributed by atoms with Gasteiger partial charge in [0.2, 0.25) is 0 Å². The first-order valence-corrected chi connectivity index (χ1v) is 11.5. The van der Waals surface area contributed by atoms with Gasteiger partial charge in [0, 0.05) is 43.0 Å². The summed E-state index contributed by atoms with van der Waals surface area (Å²) in [6, 6.07) is 7.28. The lowest BCUT2D eigenvalue weighted by molar-refractivity contribution is -0.143. The molecule has 0 spiro atoms. The Morgan fingerprint density at radius 3 is 2.84 bits per heavy atom. The molecule has 4 heterocycles. The number of furan rings is 1. The van der Waals surface area contributed by atoms with Crippen LogP contribution in [0.15, 0.2) is 53.5 Å². The van der Waals surface area contributed by atoms with E-state index < -0.39 is 30.4 Å². The van der Waals surface area contributed by atoms with Crippen molar-refractivity contribution in [2.75, 3.05) is 23.7 Å². The number of carbonyl (C=O) groups excluding carboxylic acids is 1. The van der Waals surface area contributed by atoms with Gasteiger partial charge in [0.25, 0.3) is 0 Å². The fraction of sp³-hybridized carbons (Fsp3) is 0.280. The maximum Gasteiger partial charge on any atom is 0.389 e. The van der Waals surface area contributed by atoms with Gasteiger partial charge in [0.05, 0.1) is 12.0 Å². The van der Waals surface area contributed by atoms with Crippen molar-refractivity contribution < 1.29 is 26.8 Å². The SMILES string of the molecule is Cc1cc(F)c(NC(=O)N2CCC(CC(F)(F)F)C2)cc1Nc1ncccc1-c1ncnc2ccoc12. The summed E-state index contributed by atoms with van der Waals surface area (Å²) in [7, 11) is 0. The van der Waals surface area contributed by atoms with Gasteiger partial charge in [0.1, 0.15) is 29.2 Å². The Labute approximate surface area is 208 Å². The van der Waals surface area contributed by atoms with Crippen LogP contribution in [0.1, 0.15) is 18.4 Å². The monoisotopic (exact) mass is 514 g/mol. The molecule has 8 nitrogen and oxygen atoms in total. The average molecular weight is 514 g/mol. The minimum Gasteiger partial charge on any atom is -0.460 e.